The predicted octanol–water partition coefficient (Wildman–Crippen LogP) is 5.25. The predicted molar refractivity (Wildman–Crippen MR) is 129 cm³/mol. The molecule has 1 fully saturated rings. The Morgan fingerprint density at radius 2 is 1.85 bits per heavy atom. The number of likely N-dealkylation sites (tertiary alicyclic amines) is 1. The number of hydrogen-bond donors (Lipinski definition) is 2. The van der Waals surface area contributed by atoms with E-state index in [1.165, 1.54) is 23.1 Å². The van der Waals surface area contributed by atoms with Crippen molar-refractivity contribution in [3.05, 3.63) is 97.3 Å². The van der Waals surface area contributed by atoms with Crippen LogP contribution in [0, 0.1) is 21.0 Å². The number of rotatable bonds is 6. The van der Waals surface area contributed by atoms with E-state index in [0.717, 1.165) is 11.8 Å². The molecule has 1 aliphatic heterocycles. The molecule has 172 valence electrons. The number of carbonyl (C=O) groups is 1. The van der Waals surface area contributed by atoms with E-state index in [-0.39, 0.29) is 42.7 Å². The minimum Gasteiger partial charge on any atom is -0.384 e. The minimum atomic E-state index is -1.18. The van der Waals surface area contributed by atoms with Crippen molar-refractivity contribution in [2.75, 3.05) is 25.0 Å². The largest absolute Gasteiger partial charge is 0.384 e. The van der Waals surface area contributed by atoms with Crippen LogP contribution in [0.5, 0.6) is 0 Å². The van der Waals surface area contributed by atoms with Gasteiger partial charge in [-0.3, -0.25) is 4.79 Å². The third kappa shape index (κ3) is 5.28. The van der Waals surface area contributed by atoms with Crippen LogP contribution in [0.2, 0.25) is 5.02 Å². The van der Waals surface area contributed by atoms with E-state index in [4.69, 9.17) is 11.6 Å². The highest BCUT2D eigenvalue weighted by Crippen LogP contribution is 2.28. The van der Waals surface area contributed by atoms with E-state index in [1.54, 1.807) is 30.3 Å². The zero-order valence-corrected chi connectivity index (χ0v) is 20.1. The van der Waals surface area contributed by atoms with Crippen LogP contribution in [0.1, 0.15) is 21.5 Å². The number of amides is 1. The molecule has 3 aromatic carbocycles. The number of β-amino-alcohol motifs (C(OH)–C–C–N with tert-alkyl or cyclic N) is 1. The standard InChI is InChI=1S/C24H19ClF3IN2O2/c25-15-2-1-3-17(9-15)30-11-24(33)12-31(13-24)23(32)18-6-7-20(26)22(28)19(18)8-14-4-5-16(29)10-21(14)27/h1-7,9-10,30,33H,8,11-13H2. The number of nitrogens with one attached hydrogen (secondary N) is 1. The smallest absolute Gasteiger partial charge is 0.254 e. The van der Waals surface area contributed by atoms with E-state index >= 15 is 0 Å². The molecule has 4 rings (SSSR count). The number of carbonyl (C=O) groups excluding carboxylic acids is 1. The summed E-state index contributed by atoms with van der Waals surface area (Å²) in [7, 11) is 0. The molecule has 0 spiro atoms. The van der Waals surface area contributed by atoms with Gasteiger partial charge >= 0.3 is 0 Å². The molecule has 9 heteroatoms. The van der Waals surface area contributed by atoms with Crippen LogP contribution in [0.15, 0.2) is 54.6 Å². The molecule has 0 aromatic heterocycles. The first-order chi connectivity index (χ1) is 15.6. The monoisotopic (exact) mass is 586 g/mol. The van der Waals surface area contributed by atoms with Crippen molar-refractivity contribution in [3.8, 4) is 0 Å². The SMILES string of the molecule is O=C(c1ccc(F)c(F)c1Cc1ccc(I)cc1F)N1CC(O)(CNc2cccc(Cl)c2)C1. The second kappa shape index (κ2) is 9.52. The Kier molecular flexibility index (Phi) is 6.88. The number of nitrogens with zero attached hydrogens (tertiary/aromatic N) is 1. The Hall–Kier alpha value is -2.30. The molecule has 4 nitrogen and oxygen atoms in total. The van der Waals surface area contributed by atoms with Crippen LogP contribution >= 0.6 is 34.2 Å². The van der Waals surface area contributed by atoms with Gasteiger partial charge in [-0.1, -0.05) is 23.7 Å². The number of halogens is 5. The molecule has 1 heterocycles. The van der Waals surface area contributed by atoms with E-state index in [2.05, 4.69) is 5.32 Å². The van der Waals surface area contributed by atoms with Gasteiger partial charge in [-0.15, -0.1) is 0 Å². The lowest BCUT2D eigenvalue weighted by Gasteiger charge is -2.46. The second-order valence-corrected chi connectivity index (χ2v) is 9.73. The highest BCUT2D eigenvalue weighted by Gasteiger charge is 2.44. The maximum absolute atomic E-state index is 14.7. The molecule has 33 heavy (non-hydrogen) atoms. The highest BCUT2D eigenvalue weighted by molar-refractivity contribution is 14.1. The Morgan fingerprint density at radius 1 is 1.09 bits per heavy atom. The lowest BCUT2D eigenvalue weighted by Crippen LogP contribution is -2.66. The van der Waals surface area contributed by atoms with Gasteiger partial charge in [0.25, 0.3) is 5.91 Å². The average Bonchev–Trinajstić information content (AvgIpc) is 2.75. The molecule has 2 N–H and O–H groups in total. The Bertz CT molecular complexity index is 1220. The summed E-state index contributed by atoms with van der Waals surface area (Å²) in [4.78, 5) is 14.4. The number of anilines is 1. The third-order valence-corrected chi connectivity index (χ3v) is 6.42. The van der Waals surface area contributed by atoms with Crippen molar-refractivity contribution in [1.29, 1.82) is 0 Å². The lowest BCUT2D eigenvalue weighted by molar-refractivity contribution is -0.0707. The maximum atomic E-state index is 14.7. The van der Waals surface area contributed by atoms with Crippen molar-refractivity contribution in [2.24, 2.45) is 0 Å². The fraction of sp³-hybridized carbons (Fsp3) is 0.208. The summed E-state index contributed by atoms with van der Waals surface area (Å²) in [5.74, 6) is -3.41. The van der Waals surface area contributed by atoms with Gasteiger partial charge in [-0.05, 0) is 70.6 Å². The molecule has 1 saturated heterocycles. The second-order valence-electron chi connectivity index (χ2n) is 8.05. The van der Waals surface area contributed by atoms with Gasteiger partial charge in [0.2, 0.25) is 0 Å². The summed E-state index contributed by atoms with van der Waals surface area (Å²) in [6.45, 7) is 0.196. The highest BCUT2D eigenvalue weighted by atomic mass is 127. The van der Waals surface area contributed by atoms with Crippen molar-refractivity contribution in [3.63, 3.8) is 0 Å². The quantitative estimate of drug-likeness (QED) is 0.388. The van der Waals surface area contributed by atoms with E-state index in [1.807, 2.05) is 22.6 Å². The van der Waals surface area contributed by atoms with Crippen molar-refractivity contribution in [1.82, 2.24) is 4.90 Å². The topological polar surface area (TPSA) is 52.6 Å². The van der Waals surface area contributed by atoms with Crippen LogP contribution in [0.4, 0.5) is 18.9 Å². The number of benzene rings is 3. The molecule has 0 radical (unpaired) electrons. The zero-order chi connectivity index (χ0) is 23.8. The molecule has 0 unspecified atom stereocenters. The van der Waals surface area contributed by atoms with Crippen LogP contribution in [-0.4, -0.2) is 41.1 Å². The molecule has 3 aromatic rings. The number of aliphatic hydroxyl groups is 1. The van der Waals surface area contributed by atoms with Crippen LogP contribution in [0.25, 0.3) is 0 Å². The van der Waals surface area contributed by atoms with Gasteiger partial charge in [0.15, 0.2) is 11.6 Å². The van der Waals surface area contributed by atoms with E-state index in [9.17, 15) is 23.1 Å². The summed E-state index contributed by atoms with van der Waals surface area (Å²) in [5, 5.41) is 14.3. The fourth-order valence-electron chi connectivity index (χ4n) is 3.78. The lowest BCUT2D eigenvalue weighted by atomic mass is 9.91. The molecule has 1 amide bonds. The summed E-state index contributed by atoms with van der Waals surface area (Å²) >= 11 is 7.90. The Labute approximate surface area is 207 Å². The van der Waals surface area contributed by atoms with Crippen LogP contribution < -0.4 is 5.32 Å². The van der Waals surface area contributed by atoms with Gasteiger partial charge < -0.3 is 15.3 Å². The van der Waals surface area contributed by atoms with Gasteiger partial charge in [0.05, 0.1) is 13.1 Å². The fourth-order valence-corrected chi connectivity index (χ4v) is 4.42. The first kappa shape index (κ1) is 23.8. The minimum absolute atomic E-state index is 0.00965. The molecule has 0 saturated carbocycles. The summed E-state index contributed by atoms with van der Waals surface area (Å²) in [6, 6.07) is 13.5. The normalized spacial score (nSPS) is 14.7. The van der Waals surface area contributed by atoms with Gasteiger partial charge in [0.1, 0.15) is 11.4 Å². The summed E-state index contributed by atoms with van der Waals surface area (Å²) in [5.41, 5.74) is -0.578. The van der Waals surface area contributed by atoms with Gasteiger partial charge in [-0.25, -0.2) is 13.2 Å². The molecular weight excluding hydrogens is 568 g/mol. The Balaban J connectivity index is 1.49. The van der Waals surface area contributed by atoms with Crippen molar-refractivity contribution in [2.45, 2.75) is 12.0 Å². The van der Waals surface area contributed by atoms with Crippen LogP contribution in [-0.2, 0) is 6.42 Å². The van der Waals surface area contributed by atoms with E-state index < -0.39 is 29.0 Å². The van der Waals surface area contributed by atoms with E-state index in [0.29, 0.717) is 8.59 Å². The van der Waals surface area contributed by atoms with Gasteiger partial charge in [0, 0.05) is 38.4 Å². The Morgan fingerprint density at radius 3 is 2.55 bits per heavy atom. The molecule has 0 atom stereocenters. The molecule has 0 aliphatic carbocycles. The van der Waals surface area contributed by atoms with Crippen molar-refractivity contribution >= 4 is 45.8 Å². The first-order valence-electron chi connectivity index (χ1n) is 10.1. The van der Waals surface area contributed by atoms with Crippen molar-refractivity contribution < 1.29 is 23.1 Å². The molecular formula is C24H19ClF3IN2O2. The zero-order valence-electron chi connectivity index (χ0n) is 17.2. The summed E-state index contributed by atoms with van der Waals surface area (Å²) < 4.78 is 43.6. The average molecular weight is 587 g/mol. The molecule has 0 bridgehead atoms. The van der Waals surface area contributed by atoms with Crippen LogP contribution in [0.3, 0.4) is 0 Å². The maximum Gasteiger partial charge on any atom is 0.254 e. The molecule has 1 aliphatic rings. The third-order valence-electron chi connectivity index (χ3n) is 5.51. The van der Waals surface area contributed by atoms with Gasteiger partial charge in [-0.2, -0.15) is 0 Å². The summed E-state index contributed by atoms with van der Waals surface area (Å²) in [6.07, 6.45) is -0.276. The first-order valence-corrected chi connectivity index (χ1v) is 11.5. The number of hydrogen-bond acceptors (Lipinski definition) is 3.